The maximum absolute atomic E-state index is 12.4. The molecule has 2 aromatic rings. The van der Waals surface area contributed by atoms with E-state index >= 15 is 0 Å². The predicted octanol–water partition coefficient (Wildman–Crippen LogP) is 3.36. The number of rotatable bonds is 3. The van der Waals surface area contributed by atoms with Gasteiger partial charge in [-0.25, -0.2) is 4.98 Å². The number of benzene rings is 1. The Kier molecular flexibility index (Phi) is 4.11. The van der Waals surface area contributed by atoms with Crippen LogP contribution >= 0.6 is 0 Å². The Morgan fingerprint density at radius 2 is 1.81 bits per heavy atom. The maximum atomic E-state index is 12.4. The van der Waals surface area contributed by atoms with E-state index in [9.17, 15) is 18.0 Å². The number of nitrogens with zero attached hydrogens (tertiary/aromatic N) is 1. The van der Waals surface area contributed by atoms with E-state index in [1.165, 1.54) is 25.3 Å². The number of aromatic nitrogens is 1. The van der Waals surface area contributed by atoms with E-state index in [0.29, 0.717) is 0 Å². The number of hydrogen-bond acceptors (Lipinski definition) is 3. The monoisotopic (exact) mass is 296 g/mol. The fourth-order valence-electron chi connectivity index (χ4n) is 1.59. The van der Waals surface area contributed by atoms with Crippen molar-refractivity contribution in [1.29, 1.82) is 0 Å². The van der Waals surface area contributed by atoms with E-state index in [2.05, 4.69) is 10.3 Å². The lowest BCUT2D eigenvalue weighted by molar-refractivity contribution is -0.137. The van der Waals surface area contributed by atoms with Gasteiger partial charge in [0.1, 0.15) is 5.69 Å². The van der Waals surface area contributed by atoms with Crippen LogP contribution in [0.1, 0.15) is 16.1 Å². The molecule has 0 saturated heterocycles. The van der Waals surface area contributed by atoms with Crippen LogP contribution in [0.4, 0.5) is 18.9 Å². The summed E-state index contributed by atoms with van der Waals surface area (Å²) in [6, 6.07) is 8.80. The summed E-state index contributed by atoms with van der Waals surface area (Å²) in [5.41, 5.74) is -0.424. The Balaban J connectivity index is 2.12. The van der Waals surface area contributed by atoms with Gasteiger partial charge in [-0.2, -0.15) is 13.2 Å². The number of pyridine rings is 1. The van der Waals surface area contributed by atoms with Crippen LogP contribution in [0.5, 0.6) is 5.88 Å². The van der Waals surface area contributed by atoms with E-state index < -0.39 is 17.6 Å². The van der Waals surface area contributed by atoms with Gasteiger partial charge < -0.3 is 10.1 Å². The summed E-state index contributed by atoms with van der Waals surface area (Å²) in [5, 5.41) is 2.46. The first kappa shape index (κ1) is 14.8. The van der Waals surface area contributed by atoms with Crippen LogP contribution in [0.3, 0.4) is 0 Å². The minimum Gasteiger partial charge on any atom is -0.481 e. The molecular formula is C14H11F3N2O2. The van der Waals surface area contributed by atoms with E-state index in [1.807, 2.05) is 0 Å². The van der Waals surface area contributed by atoms with Crippen molar-refractivity contribution in [3.8, 4) is 5.88 Å². The molecule has 0 aliphatic heterocycles. The molecule has 1 aromatic carbocycles. The highest BCUT2D eigenvalue weighted by atomic mass is 19.4. The second-order valence-electron chi connectivity index (χ2n) is 4.09. The maximum Gasteiger partial charge on any atom is 0.416 e. The van der Waals surface area contributed by atoms with Gasteiger partial charge in [-0.3, -0.25) is 4.79 Å². The molecule has 0 atom stereocenters. The lowest BCUT2D eigenvalue weighted by Crippen LogP contribution is -2.14. The highest BCUT2D eigenvalue weighted by molar-refractivity contribution is 6.02. The van der Waals surface area contributed by atoms with Crippen LogP contribution in [0.25, 0.3) is 0 Å². The van der Waals surface area contributed by atoms with E-state index in [1.54, 1.807) is 12.1 Å². The van der Waals surface area contributed by atoms with Crippen LogP contribution in [0.15, 0.2) is 42.5 Å². The molecule has 110 valence electrons. The second-order valence-corrected chi connectivity index (χ2v) is 4.09. The Labute approximate surface area is 118 Å². The molecule has 0 unspecified atom stereocenters. The number of carbonyl (C=O) groups is 1. The summed E-state index contributed by atoms with van der Waals surface area (Å²) in [7, 11) is 1.42. The standard InChI is InChI=1S/C14H11F3N2O2/c1-21-12-4-2-3-11(19-12)13(20)18-10-7-5-9(6-8-10)14(15,16)17/h2-8H,1H3,(H,18,20). The Bertz CT molecular complexity index is 639. The number of hydrogen-bond donors (Lipinski definition) is 1. The number of halogens is 3. The molecule has 4 nitrogen and oxygen atoms in total. The zero-order valence-corrected chi connectivity index (χ0v) is 10.9. The largest absolute Gasteiger partial charge is 0.481 e. The van der Waals surface area contributed by atoms with E-state index in [4.69, 9.17) is 4.74 Å². The molecule has 0 spiro atoms. The third kappa shape index (κ3) is 3.71. The van der Waals surface area contributed by atoms with Crippen molar-refractivity contribution in [2.24, 2.45) is 0 Å². The number of alkyl halides is 3. The molecule has 1 aromatic heterocycles. The van der Waals surface area contributed by atoms with Crippen LogP contribution in [-0.2, 0) is 6.18 Å². The SMILES string of the molecule is COc1cccc(C(=O)Nc2ccc(C(F)(F)F)cc2)n1. The third-order valence-corrected chi connectivity index (χ3v) is 2.64. The average Bonchev–Trinajstić information content (AvgIpc) is 2.47. The number of methoxy groups -OCH3 is 1. The summed E-state index contributed by atoms with van der Waals surface area (Å²) < 4.78 is 42.1. The summed E-state index contributed by atoms with van der Waals surface area (Å²) in [6.07, 6.45) is -4.41. The Hall–Kier alpha value is -2.57. The van der Waals surface area contributed by atoms with Crippen molar-refractivity contribution in [3.63, 3.8) is 0 Å². The number of carbonyl (C=O) groups excluding carboxylic acids is 1. The number of anilines is 1. The Morgan fingerprint density at radius 1 is 1.14 bits per heavy atom. The van der Waals surface area contributed by atoms with Gasteiger partial charge in [-0.05, 0) is 30.3 Å². The topological polar surface area (TPSA) is 51.2 Å². The third-order valence-electron chi connectivity index (χ3n) is 2.64. The zero-order valence-electron chi connectivity index (χ0n) is 10.9. The van der Waals surface area contributed by atoms with Crippen molar-refractivity contribution in [1.82, 2.24) is 4.98 Å². The van der Waals surface area contributed by atoms with Gasteiger partial charge in [0.05, 0.1) is 12.7 Å². The summed E-state index contributed by atoms with van der Waals surface area (Å²) in [5.74, 6) is -0.260. The fraction of sp³-hybridized carbons (Fsp3) is 0.143. The van der Waals surface area contributed by atoms with E-state index in [0.717, 1.165) is 12.1 Å². The molecule has 0 aliphatic rings. The fourth-order valence-corrected chi connectivity index (χ4v) is 1.59. The first-order valence-electron chi connectivity index (χ1n) is 5.90. The zero-order chi connectivity index (χ0) is 15.5. The van der Waals surface area contributed by atoms with Crippen molar-refractivity contribution in [3.05, 3.63) is 53.7 Å². The number of amides is 1. The predicted molar refractivity (Wildman–Crippen MR) is 70.2 cm³/mol. The lowest BCUT2D eigenvalue weighted by Gasteiger charge is -2.09. The smallest absolute Gasteiger partial charge is 0.416 e. The summed E-state index contributed by atoms with van der Waals surface area (Å²) in [6.45, 7) is 0. The van der Waals surface area contributed by atoms with Crippen LogP contribution < -0.4 is 10.1 Å². The quantitative estimate of drug-likeness (QED) is 0.945. The highest BCUT2D eigenvalue weighted by Crippen LogP contribution is 2.29. The van der Waals surface area contributed by atoms with Gasteiger partial charge in [0, 0.05) is 11.8 Å². The molecule has 0 radical (unpaired) electrons. The lowest BCUT2D eigenvalue weighted by atomic mass is 10.2. The molecule has 1 amide bonds. The van der Waals surface area contributed by atoms with Gasteiger partial charge in [-0.1, -0.05) is 6.07 Å². The molecule has 2 rings (SSSR count). The minimum absolute atomic E-state index is 0.106. The normalized spacial score (nSPS) is 11.0. The molecule has 0 saturated carbocycles. The molecule has 1 N–H and O–H groups in total. The molecular weight excluding hydrogens is 285 g/mol. The van der Waals surface area contributed by atoms with Crippen molar-refractivity contribution >= 4 is 11.6 Å². The van der Waals surface area contributed by atoms with Crippen molar-refractivity contribution in [2.75, 3.05) is 12.4 Å². The number of nitrogens with one attached hydrogen (secondary N) is 1. The van der Waals surface area contributed by atoms with Gasteiger partial charge >= 0.3 is 6.18 Å². The molecule has 0 aliphatic carbocycles. The first-order valence-corrected chi connectivity index (χ1v) is 5.90. The highest BCUT2D eigenvalue weighted by Gasteiger charge is 2.30. The number of ether oxygens (including phenoxy) is 1. The summed E-state index contributed by atoms with van der Waals surface area (Å²) in [4.78, 5) is 15.8. The molecule has 21 heavy (non-hydrogen) atoms. The molecule has 0 bridgehead atoms. The van der Waals surface area contributed by atoms with Gasteiger partial charge in [0.25, 0.3) is 5.91 Å². The van der Waals surface area contributed by atoms with Gasteiger partial charge in [0.2, 0.25) is 5.88 Å². The minimum atomic E-state index is -4.41. The van der Waals surface area contributed by atoms with Gasteiger partial charge in [-0.15, -0.1) is 0 Å². The molecule has 1 heterocycles. The van der Waals surface area contributed by atoms with Gasteiger partial charge in [0.15, 0.2) is 0 Å². The van der Waals surface area contributed by atoms with Crippen LogP contribution in [-0.4, -0.2) is 18.0 Å². The molecule has 7 heteroatoms. The second kappa shape index (κ2) is 5.82. The first-order chi connectivity index (χ1) is 9.90. The van der Waals surface area contributed by atoms with Crippen LogP contribution in [0, 0.1) is 0 Å². The Morgan fingerprint density at radius 3 is 2.38 bits per heavy atom. The van der Waals surface area contributed by atoms with Crippen molar-refractivity contribution in [2.45, 2.75) is 6.18 Å². The van der Waals surface area contributed by atoms with E-state index in [-0.39, 0.29) is 17.3 Å². The summed E-state index contributed by atoms with van der Waals surface area (Å²) >= 11 is 0. The molecule has 0 fully saturated rings. The van der Waals surface area contributed by atoms with Crippen molar-refractivity contribution < 1.29 is 22.7 Å². The average molecular weight is 296 g/mol. The van der Waals surface area contributed by atoms with Crippen LogP contribution in [0.2, 0.25) is 0 Å².